The molecule has 126 valence electrons. The zero-order valence-corrected chi connectivity index (χ0v) is 14.1. The van der Waals surface area contributed by atoms with Crippen LogP contribution in [0.3, 0.4) is 0 Å². The van der Waals surface area contributed by atoms with E-state index in [4.69, 9.17) is 4.74 Å². The molecular weight excluding hydrogens is 300 g/mol. The van der Waals surface area contributed by atoms with Gasteiger partial charge in [-0.1, -0.05) is 18.2 Å². The number of hydrogen-bond donors (Lipinski definition) is 0. The second-order valence-corrected chi connectivity index (χ2v) is 6.42. The van der Waals surface area contributed by atoms with Gasteiger partial charge in [0.05, 0.1) is 13.5 Å². The van der Waals surface area contributed by atoms with Crippen LogP contribution >= 0.6 is 0 Å². The highest BCUT2D eigenvalue weighted by Crippen LogP contribution is 2.24. The maximum atomic E-state index is 12.4. The molecule has 0 spiro atoms. The highest BCUT2D eigenvalue weighted by Gasteiger charge is 2.23. The third-order valence-corrected chi connectivity index (χ3v) is 4.70. The normalized spacial score (nSPS) is 15.3. The fraction of sp³-hybridized carbons (Fsp3) is 0.400. The third-order valence-electron chi connectivity index (χ3n) is 4.70. The van der Waals surface area contributed by atoms with Crippen LogP contribution in [0.5, 0.6) is 5.75 Å². The first-order valence-corrected chi connectivity index (χ1v) is 8.54. The molecule has 0 atom stereocenters. The summed E-state index contributed by atoms with van der Waals surface area (Å²) in [6, 6.07) is 12.1. The van der Waals surface area contributed by atoms with Crippen molar-refractivity contribution in [2.24, 2.45) is 5.92 Å². The van der Waals surface area contributed by atoms with Gasteiger partial charge in [0.25, 0.3) is 0 Å². The monoisotopic (exact) mass is 324 g/mol. The van der Waals surface area contributed by atoms with Crippen molar-refractivity contribution in [3.05, 3.63) is 59.9 Å². The molecule has 1 aromatic carbocycles. The van der Waals surface area contributed by atoms with Gasteiger partial charge in [0.1, 0.15) is 5.75 Å². The molecule has 0 N–H and O–H groups in total. The molecule has 1 fully saturated rings. The highest BCUT2D eigenvalue weighted by atomic mass is 16.5. The number of benzene rings is 1. The minimum atomic E-state index is 0.211. The van der Waals surface area contributed by atoms with Crippen LogP contribution in [0, 0.1) is 5.92 Å². The lowest BCUT2D eigenvalue weighted by Crippen LogP contribution is -2.39. The van der Waals surface area contributed by atoms with Crippen LogP contribution in [0.4, 0.5) is 0 Å². The molecule has 0 bridgehead atoms. The van der Waals surface area contributed by atoms with Crippen molar-refractivity contribution in [3.63, 3.8) is 0 Å². The summed E-state index contributed by atoms with van der Waals surface area (Å²) in [5.74, 6) is 1.76. The Labute approximate surface area is 143 Å². The Balaban J connectivity index is 1.49. The molecule has 3 rings (SSSR count). The van der Waals surface area contributed by atoms with Crippen molar-refractivity contribution in [2.75, 3.05) is 20.2 Å². The smallest absolute Gasteiger partial charge is 0.227 e. The molecule has 1 aliphatic rings. The number of aromatic nitrogens is 1. The average molecular weight is 324 g/mol. The van der Waals surface area contributed by atoms with E-state index in [1.54, 1.807) is 19.5 Å². The van der Waals surface area contributed by atoms with Gasteiger partial charge in [-0.3, -0.25) is 9.78 Å². The van der Waals surface area contributed by atoms with Crippen molar-refractivity contribution in [1.29, 1.82) is 0 Å². The number of nitrogens with zero attached hydrogens (tertiary/aromatic N) is 2. The minimum Gasteiger partial charge on any atom is -0.497 e. The van der Waals surface area contributed by atoms with Gasteiger partial charge in [-0.25, -0.2) is 0 Å². The van der Waals surface area contributed by atoms with Crippen LogP contribution in [0.15, 0.2) is 48.8 Å². The summed E-state index contributed by atoms with van der Waals surface area (Å²) < 4.78 is 5.29. The van der Waals surface area contributed by atoms with Gasteiger partial charge in [-0.15, -0.1) is 0 Å². The van der Waals surface area contributed by atoms with Crippen LogP contribution in [-0.2, 0) is 17.6 Å². The molecule has 4 heteroatoms. The van der Waals surface area contributed by atoms with Crippen LogP contribution < -0.4 is 4.74 Å². The first kappa shape index (κ1) is 16.5. The number of carbonyl (C=O) groups is 1. The Morgan fingerprint density at radius 3 is 2.71 bits per heavy atom. The third kappa shape index (κ3) is 4.34. The Hall–Kier alpha value is -2.36. The Kier molecular flexibility index (Phi) is 5.47. The first-order chi connectivity index (χ1) is 11.7. The zero-order chi connectivity index (χ0) is 16.8. The van der Waals surface area contributed by atoms with E-state index in [0.29, 0.717) is 12.3 Å². The second-order valence-electron chi connectivity index (χ2n) is 6.42. The zero-order valence-electron chi connectivity index (χ0n) is 14.1. The van der Waals surface area contributed by atoms with E-state index in [2.05, 4.69) is 17.1 Å². The van der Waals surface area contributed by atoms with E-state index in [1.807, 2.05) is 29.2 Å². The molecule has 2 aromatic rings. The maximum absolute atomic E-state index is 12.4. The number of methoxy groups -OCH3 is 1. The molecular formula is C20H24N2O2. The minimum absolute atomic E-state index is 0.211. The van der Waals surface area contributed by atoms with E-state index in [1.165, 1.54) is 5.56 Å². The van der Waals surface area contributed by atoms with Gasteiger partial charge in [0.15, 0.2) is 0 Å². The number of hydrogen-bond acceptors (Lipinski definition) is 3. The average Bonchev–Trinajstić information content (AvgIpc) is 2.63. The molecule has 24 heavy (non-hydrogen) atoms. The molecule has 0 saturated carbocycles. The molecule has 1 aliphatic heterocycles. The summed E-state index contributed by atoms with van der Waals surface area (Å²) in [6.45, 7) is 1.71. The second kappa shape index (κ2) is 7.95. The molecule has 1 aromatic heterocycles. The molecule has 1 amide bonds. The van der Waals surface area contributed by atoms with Crippen molar-refractivity contribution >= 4 is 5.91 Å². The number of likely N-dealkylation sites (tertiary alicyclic amines) is 1. The van der Waals surface area contributed by atoms with Crippen LogP contribution in [-0.4, -0.2) is 36.0 Å². The number of carbonyl (C=O) groups excluding carboxylic acids is 1. The number of amides is 1. The van der Waals surface area contributed by atoms with Crippen molar-refractivity contribution < 1.29 is 9.53 Å². The van der Waals surface area contributed by atoms with Gasteiger partial charge in [0, 0.05) is 25.5 Å². The SMILES string of the molecule is COc1cccc(CC2CCN(C(=O)Cc3cccnc3)CC2)c1. The lowest BCUT2D eigenvalue weighted by molar-refractivity contribution is -0.131. The van der Waals surface area contributed by atoms with Crippen LogP contribution in [0.25, 0.3) is 0 Å². The largest absolute Gasteiger partial charge is 0.497 e. The molecule has 0 unspecified atom stereocenters. The molecule has 4 nitrogen and oxygen atoms in total. The molecule has 2 heterocycles. The van der Waals surface area contributed by atoms with Crippen molar-refractivity contribution in [1.82, 2.24) is 9.88 Å². The topological polar surface area (TPSA) is 42.4 Å². The Morgan fingerprint density at radius 1 is 1.21 bits per heavy atom. The summed E-state index contributed by atoms with van der Waals surface area (Å²) >= 11 is 0. The van der Waals surface area contributed by atoms with Gasteiger partial charge in [-0.05, 0) is 54.5 Å². The lowest BCUT2D eigenvalue weighted by Gasteiger charge is -2.32. The molecule has 1 saturated heterocycles. The highest BCUT2D eigenvalue weighted by molar-refractivity contribution is 5.78. The van der Waals surface area contributed by atoms with E-state index < -0.39 is 0 Å². The quantitative estimate of drug-likeness (QED) is 0.849. The van der Waals surface area contributed by atoms with E-state index >= 15 is 0 Å². The first-order valence-electron chi connectivity index (χ1n) is 8.54. The summed E-state index contributed by atoms with van der Waals surface area (Å²) in [5.41, 5.74) is 2.30. The van der Waals surface area contributed by atoms with E-state index in [9.17, 15) is 4.79 Å². The number of ether oxygens (including phenoxy) is 1. The summed E-state index contributed by atoms with van der Waals surface area (Å²) in [6.07, 6.45) is 7.15. The lowest BCUT2D eigenvalue weighted by atomic mass is 9.90. The summed E-state index contributed by atoms with van der Waals surface area (Å²) in [5, 5.41) is 0. The van der Waals surface area contributed by atoms with Crippen molar-refractivity contribution in [2.45, 2.75) is 25.7 Å². The number of piperidine rings is 1. The van der Waals surface area contributed by atoms with Crippen LogP contribution in [0.1, 0.15) is 24.0 Å². The van der Waals surface area contributed by atoms with Crippen LogP contribution in [0.2, 0.25) is 0 Å². The van der Waals surface area contributed by atoms with Gasteiger partial charge < -0.3 is 9.64 Å². The fourth-order valence-electron chi connectivity index (χ4n) is 3.31. The Bertz CT molecular complexity index is 664. The predicted octanol–water partition coefficient (Wildman–Crippen LogP) is 3.11. The predicted molar refractivity (Wildman–Crippen MR) is 93.9 cm³/mol. The Morgan fingerprint density at radius 2 is 2.00 bits per heavy atom. The fourth-order valence-corrected chi connectivity index (χ4v) is 3.31. The maximum Gasteiger partial charge on any atom is 0.227 e. The van der Waals surface area contributed by atoms with Gasteiger partial charge >= 0.3 is 0 Å². The standard InChI is InChI=1S/C20H24N2O2/c1-24-19-6-2-4-17(13-19)12-16-7-10-22(11-8-16)20(23)14-18-5-3-9-21-15-18/h2-6,9,13,15-16H,7-8,10-12,14H2,1H3. The number of rotatable bonds is 5. The molecule has 0 radical (unpaired) electrons. The summed E-state index contributed by atoms with van der Waals surface area (Å²) in [7, 11) is 1.70. The van der Waals surface area contributed by atoms with E-state index in [-0.39, 0.29) is 5.91 Å². The number of pyridine rings is 1. The van der Waals surface area contributed by atoms with E-state index in [0.717, 1.165) is 43.7 Å². The van der Waals surface area contributed by atoms with Gasteiger partial charge in [-0.2, -0.15) is 0 Å². The molecule has 0 aliphatic carbocycles. The van der Waals surface area contributed by atoms with Gasteiger partial charge in [0.2, 0.25) is 5.91 Å². The van der Waals surface area contributed by atoms with Crippen molar-refractivity contribution in [3.8, 4) is 5.75 Å². The summed E-state index contributed by atoms with van der Waals surface area (Å²) in [4.78, 5) is 18.5.